The zero-order chi connectivity index (χ0) is 18.5. The summed E-state index contributed by atoms with van der Waals surface area (Å²) in [4.78, 5) is 24.2. The number of amides is 1. The molecule has 26 heavy (non-hydrogen) atoms. The number of hydrogen-bond donors (Lipinski definition) is 1. The number of hydrogen-bond acceptors (Lipinski definition) is 5. The average Bonchev–Trinajstić information content (AvgIpc) is 3.04. The van der Waals surface area contributed by atoms with E-state index in [9.17, 15) is 14.9 Å². The van der Waals surface area contributed by atoms with Gasteiger partial charge in [-0.3, -0.25) is 4.79 Å². The quantitative estimate of drug-likeness (QED) is 0.715. The van der Waals surface area contributed by atoms with Crippen LogP contribution < -0.4 is 5.32 Å². The molecule has 0 atom stereocenters. The van der Waals surface area contributed by atoms with Gasteiger partial charge in [-0.25, -0.2) is 9.48 Å². The van der Waals surface area contributed by atoms with Crippen molar-refractivity contribution in [1.29, 1.82) is 5.26 Å². The Hall–Kier alpha value is -3.66. The summed E-state index contributed by atoms with van der Waals surface area (Å²) in [5.41, 5.74) is 0.716. The van der Waals surface area contributed by atoms with E-state index < -0.39 is 5.97 Å². The second-order valence-corrected chi connectivity index (χ2v) is 5.47. The minimum Gasteiger partial charge on any atom is -0.462 e. The number of benzene rings is 2. The zero-order valence-electron chi connectivity index (χ0n) is 14.1. The van der Waals surface area contributed by atoms with E-state index in [0.717, 1.165) is 10.8 Å². The van der Waals surface area contributed by atoms with Gasteiger partial charge in [0, 0.05) is 11.1 Å². The molecular weight excluding hydrogens is 332 g/mol. The average molecular weight is 348 g/mol. The highest BCUT2D eigenvalue weighted by Crippen LogP contribution is 2.23. The van der Waals surface area contributed by atoms with Crippen LogP contribution in [0.15, 0.2) is 48.7 Å². The standard InChI is InChI=1S/C19H16N4O3/c1-2-26-19(25)15-11-21-23(17(15)10-20)12-18(24)22-16-9-5-7-13-6-3-4-8-14(13)16/h3-9,11H,2,12H2,1H3,(H,22,24). The highest BCUT2D eigenvalue weighted by Gasteiger charge is 2.20. The first kappa shape index (κ1) is 17.2. The highest BCUT2D eigenvalue weighted by atomic mass is 16.5. The molecule has 0 aliphatic heterocycles. The molecule has 1 amide bonds. The van der Waals surface area contributed by atoms with Gasteiger partial charge >= 0.3 is 5.97 Å². The second kappa shape index (κ2) is 7.49. The predicted octanol–water partition coefficient (Wildman–Crippen LogP) is 2.72. The molecule has 2 aromatic carbocycles. The lowest BCUT2D eigenvalue weighted by molar-refractivity contribution is -0.116. The van der Waals surface area contributed by atoms with Gasteiger partial charge in [-0.05, 0) is 18.4 Å². The Balaban J connectivity index is 1.80. The maximum Gasteiger partial charge on any atom is 0.342 e. The molecule has 3 rings (SSSR count). The van der Waals surface area contributed by atoms with E-state index in [1.165, 1.54) is 10.9 Å². The van der Waals surface area contributed by atoms with E-state index in [2.05, 4.69) is 10.4 Å². The summed E-state index contributed by atoms with van der Waals surface area (Å²) < 4.78 is 6.08. The molecule has 0 spiro atoms. The molecule has 0 radical (unpaired) electrons. The molecule has 7 heteroatoms. The molecular formula is C19H16N4O3. The number of ether oxygens (including phenoxy) is 1. The van der Waals surface area contributed by atoms with E-state index in [-0.39, 0.29) is 30.3 Å². The van der Waals surface area contributed by atoms with Crippen molar-refractivity contribution in [2.75, 3.05) is 11.9 Å². The fourth-order valence-corrected chi connectivity index (χ4v) is 2.64. The number of esters is 1. The maximum absolute atomic E-state index is 12.4. The van der Waals surface area contributed by atoms with Crippen LogP contribution in [0.4, 0.5) is 5.69 Å². The van der Waals surface area contributed by atoms with Gasteiger partial charge < -0.3 is 10.1 Å². The van der Waals surface area contributed by atoms with Gasteiger partial charge in [-0.2, -0.15) is 10.4 Å². The highest BCUT2D eigenvalue weighted by molar-refractivity contribution is 6.02. The van der Waals surface area contributed by atoms with Gasteiger partial charge in [0.2, 0.25) is 5.91 Å². The largest absolute Gasteiger partial charge is 0.462 e. The number of nitriles is 1. The Kier molecular flexibility index (Phi) is 4.94. The number of carbonyl (C=O) groups is 2. The summed E-state index contributed by atoms with van der Waals surface area (Å²) in [6.07, 6.45) is 1.24. The Morgan fingerprint density at radius 2 is 2.00 bits per heavy atom. The molecule has 3 aromatic rings. The van der Waals surface area contributed by atoms with Crippen molar-refractivity contribution in [3.63, 3.8) is 0 Å². The normalized spacial score (nSPS) is 10.3. The van der Waals surface area contributed by atoms with Crippen molar-refractivity contribution in [3.8, 4) is 6.07 Å². The third kappa shape index (κ3) is 3.39. The first-order valence-corrected chi connectivity index (χ1v) is 8.04. The van der Waals surface area contributed by atoms with Gasteiger partial charge in [-0.15, -0.1) is 0 Å². The molecule has 7 nitrogen and oxygen atoms in total. The summed E-state index contributed by atoms with van der Waals surface area (Å²) in [6.45, 7) is 1.67. The lowest BCUT2D eigenvalue weighted by Crippen LogP contribution is -2.21. The van der Waals surface area contributed by atoms with Crippen molar-refractivity contribution in [3.05, 3.63) is 59.9 Å². The minimum atomic E-state index is -0.634. The molecule has 1 heterocycles. The molecule has 0 fully saturated rings. The fourth-order valence-electron chi connectivity index (χ4n) is 2.64. The van der Waals surface area contributed by atoms with Crippen molar-refractivity contribution in [2.45, 2.75) is 13.5 Å². The Morgan fingerprint density at radius 1 is 1.23 bits per heavy atom. The molecule has 0 bridgehead atoms. The molecule has 0 aliphatic carbocycles. The Morgan fingerprint density at radius 3 is 2.77 bits per heavy atom. The molecule has 130 valence electrons. The molecule has 0 aliphatic rings. The number of carbonyl (C=O) groups excluding carboxylic acids is 2. The van der Waals surface area contributed by atoms with Crippen LogP contribution in [-0.2, 0) is 16.1 Å². The van der Waals surface area contributed by atoms with Crippen molar-refractivity contribution >= 4 is 28.3 Å². The van der Waals surface area contributed by atoms with Gasteiger partial charge in [0.1, 0.15) is 18.2 Å². The summed E-state index contributed by atoms with van der Waals surface area (Å²) in [5, 5.41) is 18.0. The van der Waals surface area contributed by atoms with E-state index in [1.54, 1.807) is 13.0 Å². The smallest absolute Gasteiger partial charge is 0.342 e. The number of nitrogens with one attached hydrogen (secondary N) is 1. The van der Waals surface area contributed by atoms with E-state index >= 15 is 0 Å². The van der Waals surface area contributed by atoms with Crippen LogP contribution in [0.1, 0.15) is 23.0 Å². The molecule has 0 saturated heterocycles. The Bertz CT molecular complexity index is 1010. The van der Waals surface area contributed by atoms with Crippen LogP contribution in [0.3, 0.4) is 0 Å². The zero-order valence-corrected chi connectivity index (χ0v) is 14.1. The molecule has 0 saturated carbocycles. The van der Waals surface area contributed by atoms with E-state index in [1.807, 2.05) is 42.5 Å². The van der Waals surface area contributed by atoms with Gasteiger partial charge in [0.25, 0.3) is 0 Å². The fraction of sp³-hybridized carbons (Fsp3) is 0.158. The number of rotatable bonds is 5. The topological polar surface area (TPSA) is 97.0 Å². The van der Waals surface area contributed by atoms with Crippen molar-refractivity contribution in [2.24, 2.45) is 0 Å². The molecule has 1 N–H and O–H groups in total. The van der Waals surface area contributed by atoms with Gasteiger partial charge in [0.15, 0.2) is 5.69 Å². The summed E-state index contributed by atoms with van der Waals surface area (Å²) in [5.74, 6) is -0.985. The SMILES string of the molecule is CCOC(=O)c1cnn(CC(=O)Nc2cccc3ccccc23)c1C#N. The summed E-state index contributed by atoms with van der Waals surface area (Å²) in [7, 11) is 0. The van der Waals surface area contributed by atoms with Crippen molar-refractivity contribution < 1.29 is 14.3 Å². The lowest BCUT2D eigenvalue weighted by atomic mass is 10.1. The summed E-state index contributed by atoms with van der Waals surface area (Å²) >= 11 is 0. The van der Waals surface area contributed by atoms with Gasteiger partial charge in [-0.1, -0.05) is 36.4 Å². The first-order chi connectivity index (χ1) is 12.6. The van der Waals surface area contributed by atoms with Gasteiger partial charge in [0.05, 0.1) is 12.8 Å². The Labute approximate surface area is 149 Å². The lowest BCUT2D eigenvalue weighted by Gasteiger charge is -2.09. The first-order valence-electron chi connectivity index (χ1n) is 8.04. The van der Waals surface area contributed by atoms with Crippen LogP contribution >= 0.6 is 0 Å². The predicted molar refractivity (Wildman–Crippen MR) is 95.5 cm³/mol. The number of nitrogens with zero attached hydrogens (tertiary/aromatic N) is 3. The number of fused-ring (bicyclic) bond motifs is 1. The third-order valence-corrected chi connectivity index (χ3v) is 3.80. The maximum atomic E-state index is 12.4. The molecule has 0 unspecified atom stereocenters. The number of aromatic nitrogens is 2. The third-order valence-electron chi connectivity index (χ3n) is 3.80. The van der Waals surface area contributed by atoms with Crippen LogP contribution in [0.2, 0.25) is 0 Å². The van der Waals surface area contributed by atoms with Crippen molar-refractivity contribution in [1.82, 2.24) is 9.78 Å². The van der Waals surface area contributed by atoms with E-state index in [4.69, 9.17) is 4.74 Å². The van der Waals surface area contributed by atoms with Crippen LogP contribution in [-0.4, -0.2) is 28.3 Å². The molecule has 1 aromatic heterocycles. The van der Waals surface area contributed by atoms with Crippen LogP contribution in [0.5, 0.6) is 0 Å². The minimum absolute atomic E-state index is 0.00322. The monoisotopic (exact) mass is 348 g/mol. The summed E-state index contributed by atoms with van der Waals surface area (Å²) in [6, 6.07) is 15.2. The van der Waals surface area contributed by atoms with Crippen LogP contribution in [0, 0.1) is 11.3 Å². The van der Waals surface area contributed by atoms with E-state index in [0.29, 0.717) is 5.69 Å². The second-order valence-electron chi connectivity index (χ2n) is 5.47. The van der Waals surface area contributed by atoms with Crippen LogP contribution in [0.25, 0.3) is 10.8 Å². The number of anilines is 1.